The summed E-state index contributed by atoms with van der Waals surface area (Å²) < 4.78 is 5.95. The van der Waals surface area contributed by atoms with Crippen LogP contribution in [0.4, 0.5) is 0 Å². The fourth-order valence-corrected chi connectivity index (χ4v) is 6.60. The molecule has 3 N–H and O–H groups in total. The zero-order chi connectivity index (χ0) is 31.1. The number of nitrogens with one attached hydrogen (secondary N) is 1. The average Bonchev–Trinajstić information content (AvgIpc) is 3.05. The van der Waals surface area contributed by atoms with E-state index in [2.05, 4.69) is 30.1 Å². The highest BCUT2D eigenvalue weighted by Gasteiger charge is 2.34. The van der Waals surface area contributed by atoms with E-state index >= 15 is 0 Å². The van der Waals surface area contributed by atoms with Gasteiger partial charge >= 0.3 is 0 Å². The van der Waals surface area contributed by atoms with Crippen LogP contribution in [-0.4, -0.2) is 34.0 Å². The molecule has 44 heavy (non-hydrogen) atoms. The first-order chi connectivity index (χ1) is 21.4. The van der Waals surface area contributed by atoms with Gasteiger partial charge in [-0.1, -0.05) is 61.3 Å². The molecule has 2 aromatic carbocycles. The van der Waals surface area contributed by atoms with E-state index in [0.29, 0.717) is 12.3 Å². The van der Waals surface area contributed by atoms with Crippen molar-refractivity contribution < 1.29 is 24.5 Å². The summed E-state index contributed by atoms with van der Waals surface area (Å²) in [6.07, 6.45) is 16.3. The lowest BCUT2D eigenvalue weighted by Gasteiger charge is -2.32. The number of benzene rings is 2. The van der Waals surface area contributed by atoms with Crippen molar-refractivity contribution in [2.75, 3.05) is 0 Å². The number of allylic oxidation sites excluding steroid dienone is 3. The summed E-state index contributed by atoms with van der Waals surface area (Å²) in [5.74, 6) is 1.75. The Balaban J connectivity index is 1.39. The van der Waals surface area contributed by atoms with E-state index in [4.69, 9.17) is 4.74 Å². The fourth-order valence-electron chi connectivity index (χ4n) is 6.60. The van der Waals surface area contributed by atoms with E-state index in [1.165, 1.54) is 12.0 Å². The standard InChI is InChI=1S/C38H51NO5/c1-2-3-5-9-30-11-8-10-28(14-15-29-16-21-33(22-17-29)44-34-23-18-31(27-40)19-24-34)20-25-36(42)39-37(35(41)26-30)38(43)32-12-6-4-7-13-32/h2,11,16-19,21-24,28,32,37-38,40,43H,1,3-10,12-15,20,25-27H2,(H,39,42)/b30-11+/t28?,37-,38+/m0/s1. The Kier molecular flexibility index (Phi) is 13.7. The van der Waals surface area contributed by atoms with Gasteiger partial charge in [-0.05, 0) is 111 Å². The number of aliphatic hydroxyl groups excluding tert-OH is 2. The molecule has 1 heterocycles. The number of unbranched alkanes of at least 4 members (excludes halogenated alkanes) is 1. The minimum atomic E-state index is -0.834. The summed E-state index contributed by atoms with van der Waals surface area (Å²) in [6, 6.07) is 14.7. The van der Waals surface area contributed by atoms with Crippen molar-refractivity contribution in [3.63, 3.8) is 0 Å². The van der Waals surface area contributed by atoms with Gasteiger partial charge in [0.2, 0.25) is 5.91 Å². The molecule has 1 aliphatic carbocycles. The second kappa shape index (κ2) is 17.9. The predicted molar refractivity (Wildman–Crippen MR) is 175 cm³/mol. The van der Waals surface area contributed by atoms with Crippen molar-refractivity contribution >= 4 is 11.7 Å². The number of carbonyl (C=O) groups is 2. The molecule has 1 saturated carbocycles. The van der Waals surface area contributed by atoms with Crippen molar-refractivity contribution in [2.45, 2.75) is 115 Å². The normalized spacial score (nSPS) is 22.5. The maximum atomic E-state index is 13.5. The van der Waals surface area contributed by atoms with Crippen LogP contribution in [0.2, 0.25) is 0 Å². The van der Waals surface area contributed by atoms with Crippen LogP contribution >= 0.6 is 0 Å². The molecule has 0 spiro atoms. The van der Waals surface area contributed by atoms with E-state index in [1.54, 1.807) is 0 Å². The maximum absolute atomic E-state index is 13.5. The van der Waals surface area contributed by atoms with Crippen LogP contribution in [0.3, 0.4) is 0 Å². The molecule has 0 bridgehead atoms. The van der Waals surface area contributed by atoms with Crippen LogP contribution in [0.1, 0.15) is 101 Å². The summed E-state index contributed by atoms with van der Waals surface area (Å²) in [5, 5.41) is 23.5. The molecule has 1 amide bonds. The van der Waals surface area contributed by atoms with Crippen LogP contribution in [-0.2, 0) is 22.6 Å². The van der Waals surface area contributed by atoms with Gasteiger partial charge in [0.15, 0.2) is 5.78 Å². The summed E-state index contributed by atoms with van der Waals surface area (Å²) in [7, 11) is 0. The minimum absolute atomic E-state index is 0.0115. The van der Waals surface area contributed by atoms with Crippen molar-refractivity contribution in [1.29, 1.82) is 0 Å². The van der Waals surface area contributed by atoms with Gasteiger partial charge < -0.3 is 20.3 Å². The lowest BCUT2D eigenvalue weighted by atomic mass is 9.80. The van der Waals surface area contributed by atoms with Gasteiger partial charge in [0.1, 0.15) is 17.5 Å². The second-order valence-electron chi connectivity index (χ2n) is 12.7. The Bertz CT molecular complexity index is 1210. The molecule has 238 valence electrons. The Labute approximate surface area is 263 Å². The molecule has 6 nitrogen and oxygen atoms in total. The quantitative estimate of drug-likeness (QED) is 0.171. The molecule has 0 aromatic heterocycles. The lowest BCUT2D eigenvalue weighted by Crippen LogP contribution is -2.51. The maximum Gasteiger partial charge on any atom is 0.220 e. The van der Waals surface area contributed by atoms with Gasteiger partial charge in [-0.25, -0.2) is 0 Å². The highest BCUT2D eigenvalue weighted by atomic mass is 16.5. The van der Waals surface area contributed by atoms with Crippen LogP contribution in [0.5, 0.6) is 11.5 Å². The highest BCUT2D eigenvalue weighted by Crippen LogP contribution is 2.30. The summed E-state index contributed by atoms with van der Waals surface area (Å²) in [6.45, 7) is 3.85. The second-order valence-corrected chi connectivity index (χ2v) is 12.7. The Morgan fingerprint density at radius 2 is 1.59 bits per heavy atom. The fraction of sp³-hybridized carbons (Fsp3) is 0.526. The summed E-state index contributed by atoms with van der Waals surface area (Å²) >= 11 is 0. The van der Waals surface area contributed by atoms with E-state index in [1.807, 2.05) is 42.5 Å². The van der Waals surface area contributed by atoms with E-state index < -0.39 is 12.1 Å². The molecular formula is C38H51NO5. The number of Topliss-reactive ketones (excluding diaryl/α,β-unsaturated/α-hetero) is 1. The zero-order valence-corrected chi connectivity index (χ0v) is 26.2. The van der Waals surface area contributed by atoms with Crippen molar-refractivity contribution in [1.82, 2.24) is 5.32 Å². The van der Waals surface area contributed by atoms with Crippen LogP contribution in [0.25, 0.3) is 0 Å². The Morgan fingerprint density at radius 3 is 2.25 bits per heavy atom. The number of amides is 1. The minimum Gasteiger partial charge on any atom is -0.457 e. The van der Waals surface area contributed by atoms with Crippen LogP contribution < -0.4 is 10.1 Å². The third-order valence-electron chi connectivity index (χ3n) is 9.34. The number of ketones is 1. The average molecular weight is 602 g/mol. The van der Waals surface area contributed by atoms with Gasteiger partial charge in [-0.2, -0.15) is 0 Å². The monoisotopic (exact) mass is 601 g/mol. The highest BCUT2D eigenvalue weighted by molar-refractivity contribution is 5.91. The third-order valence-corrected chi connectivity index (χ3v) is 9.34. The van der Waals surface area contributed by atoms with Crippen LogP contribution in [0, 0.1) is 11.8 Å². The third kappa shape index (κ3) is 10.7. The molecule has 0 radical (unpaired) electrons. The lowest BCUT2D eigenvalue weighted by molar-refractivity contribution is -0.131. The first kappa shape index (κ1) is 33.7. The Morgan fingerprint density at radius 1 is 0.909 bits per heavy atom. The van der Waals surface area contributed by atoms with Gasteiger partial charge in [0, 0.05) is 12.8 Å². The molecule has 1 fully saturated rings. The first-order valence-electron chi connectivity index (χ1n) is 16.7. The molecular weight excluding hydrogens is 550 g/mol. The number of carbonyl (C=O) groups excluding carboxylic acids is 2. The molecule has 2 aliphatic rings. The largest absolute Gasteiger partial charge is 0.457 e. The molecule has 4 rings (SSSR count). The number of aliphatic hydroxyl groups is 2. The molecule has 6 heteroatoms. The van der Waals surface area contributed by atoms with Gasteiger partial charge in [-0.3, -0.25) is 9.59 Å². The van der Waals surface area contributed by atoms with Crippen molar-refractivity contribution in [2.24, 2.45) is 11.8 Å². The molecule has 0 saturated heterocycles. The SMILES string of the molecule is C=CCCC/C1=C\CCC(CCc2ccc(Oc3ccc(CO)cc3)cc2)CCC(=O)N[C@H]([C@H](O)C2CCCCC2)C(=O)C1. The van der Waals surface area contributed by atoms with E-state index in [0.717, 1.165) is 99.7 Å². The van der Waals surface area contributed by atoms with E-state index in [9.17, 15) is 19.8 Å². The Hall–Kier alpha value is -3.22. The smallest absolute Gasteiger partial charge is 0.220 e. The number of ether oxygens (including phenoxy) is 1. The molecule has 1 aliphatic heterocycles. The van der Waals surface area contributed by atoms with E-state index in [-0.39, 0.29) is 30.6 Å². The topological polar surface area (TPSA) is 95.9 Å². The molecule has 1 unspecified atom stereocenters. The van der Waals surface area contributed by atoms with Gasteiger partial charge in [-0.15, -0.1) is 6.58 Å². The number of hydrogen-bond acceptors (Lipinski definition) is 5. The predicted octanol–water partition coefficient (Wildman–Crippen LogP) is 7.76. The van der Waals surface area contributed by atoms with Crippen molar-refractivity contribution in [3.8, 4) is 11.5 Å². The van der Waals surface area contributed by atoms with Gasteiger partial charge in [0.05, 0.1) is 12.7 Å². The summed E-state index contributed by atoms with van der Waals surface area (Å²) in [4.78, 5) is 26.7. The number of hydrogen-bond donors (Lipinski definition) is 3. The van der Waals surface area contributed by atoms with Gasteiger partial charge in [0.25, 0.3) is 0 Å². The molecule has 3 atom stereocenters. The summed E-state index contributed by atoms with van der Waals surface area (Å²) in [5.41, 5.74) is 3.19. The van der Waals surface area contributed by atoms with Crippen LogP contribution in [0.15, 0.2) is 72.8 Å². The molecule has 2 aromatic rings. The van der Waals surface area contributed by atoms with Crippen molar-refractivity contribution in [3.05, 3.63) is 84.0 Å². The number of aryl methyl sites for hydroxylation is 1. The zero-order valence-electron chi connectivity index (χ0n) is 26.2. The first-order valence-corrected chi connectivity index (χ1v) is 16.7. The number of rotatable bonds is 12.